The second-order valence-electron chi connectivity index (χ2n) is 4.53. The summed E-state index contributed by atoms with van der Waals surface area (Å²) in [5.41, 5.74) is 2.29. The molecule has 0 radical (unpaired) electrons. The number of nitrogens with one attached hydrogen (secondary N) is 2. The van der Waals surface area contributed by atoms with Crippen LogP contribution >= 0.6 is 0 Å². The van der Waals surface area contributed by atoms with Crippen LogP contribution < -0.4 is 10.6 Å². The van der Waals surface area contributed by atoms with Gasteiger partial charge in [-0.15, -0.1) is 0 Å². The minimum absolute atomic E-state index is 0.213. The van der Waals surface area contributed by atoms with Crippen molar-refractivity contribution < 1.29 is 9.18 Å². The molecule has 1 atom stereocenters. The fourth-order valence-corrected chi connectivity index (χ4v) is 2.24. The Bertz CT molecular complexity index is 602. The van der Waals surface area contributed by atoms with Crippen LogP contribution in [0.4, 0.5) is 15.8 Å². The summed E-state index contributed by atoms with van der Waals surface area (Å²) >= 11 is 0. The number of fused-ring (bicyclic) bond motifs is 1. The summed E-state index contributed by atoms with van der Waals surface area (Å²) < 4.78 is 13.5. The fourth-order valence-electron chi connectivity index (χ4n) is 2.24. The predicted molar refractivity (Wildman–Crippen MR) is 72.6 cm³/mol. The van der Waals surface area contributed by atoms with Gasteiger partial charge < -0.3 is 10.6 Å². The lowest BCUT2D eigenvalue weighted by molar-refractivity contribution is -0.116. The maximum Gasteiger partial charge on any atom is 0.247 e. The second kappa shape index (κ2) is 4.72. The van der Waals surface area contributed by atoms with E-state index in [-0.39, 0.29) is 17.6 Å². The van der Waals surface area contributed by atoms with Gasteiger partial charge in [-0.2, -0.15) is 0 Å². The van der Waals surface area contributed by atoms with Crippen LogP contribution in [0.2, 0.25) is 0 Å². The molecule has 0 aliphatic carbocycles. The van der Waals surface area contributed by atoms with Crippen molar-refractivity contribution in [3.8, 4) is 0 Å². The fraction of sp³-hybridized carbons (Fsp3) is 0.133. The molecule has 0 fully saturated rings. The first-order valence-electron chi connectivity index (χ1n) is 6.14. The highest BCUT2D eigenvalue weighted by Gasteiger charge is 2.26. The number of para-hydroxylation sites is 2. The van der Waals surface area contributed by atoms with Crippen LogP contribution in [0.5, 0.6) is 0 Å². The molecule has 0 saturated carbocycles. The molecular formula is C15H13FN2O. The molecule has 0 unspecified atom stereocenters. The van der Waals surface area contributed by atoms with Gasteiger partial charge in [-0.05, 0) is 23.8 Å². The molecular weight excluding hydrogens is 243 g/mol. The summed E-state index contributed by atoms with van der Waals surface area (Å²) in [6, 6.07) is 13.6. The van der Waals surface area contributed by atoms with Crippen molar-refractivity contribution in [1.29, 1.82) is 0 Å². The predicted octanol–water partition coefficient (Wildman–Crippen LogP) is 2.80. The maximum atomic E-state index is 13.5. The van der Waals surface area contributed by atoms with E-state index in [4.69, 9.17) is 0 Å². The minimum atomic E-state index is -0.425. The molecule has 19 heavy (non-hydrogen) atoms. The van der Waals surface area contributed by atoms with Crippen molar-refractivity contribution in [3.63, 3.8) is 0 Å². The van der Waals surface area contributed by atoms with Crippen LogP contribution in [0.1, 0.15) is 5.56 Å². The van der Waals surface area contributed by atoms with Gasteiger partial charge >= 0.3 is 0 Å². The average Bonchev–Trinajstić information content (AvgIpc) is 2.85. The number of carbonyl (C=O) groups is 1. The molecule has 96 valence electrons. The Kier molecular flexibility index (Phi) is 2.91. The Morgan fingerprint density at radius 1 is 1.16 bits per heavy atom. The van der Waals surface area contributed by atoms with Crippen LogP contribution in [-0.4, -0.2) is 11.9 Å². The molecule has 4 heteroatoms. The van der Waals surface area contributed by atoms with Crippen LogP contribution in [-0.2, 0) is 11.2 Å². The van der Waals surface area contributed by atoms with Crippen LogP contribution in [0, 0.1) is 5.82 Å². The van der Waals surface area contributed by atoms with Crippen molar-refractivity contribution in [3.05, 3.63) is 59.9 Å². The third kappa shape index (κ3) is 2.29. The summed E-state index contributed by atoms with van der Waals surface area (Å²) in [6.07, 6.45) is 0.621. The van der Waals surface area contributed by atoms with E-state index in [1.807, 2.05) is 24.3 Å². The monoisotopic (exact) mass is 256 g/mol. The van der Waals surface area contributed by atoms with Crippen LogP contribution in [0.25, 0.3) is 0 Å². The quantitative estimate of drug-likeness (QED) is 0.867. The van der Waals surface area contributed by atoms with Crippen molar-refractivity contribution in [2.24, 2.45) is 0 Å². The van der Waals surface area contributed by atoms with E-state index in [1.165, 1.54) is 6.07 Å². The van der Waals surface area contributed by atoms with E-state index >= 15 is 0 Å². The summed E-state index contributed by atoms with van der Waals surface area (Å²) in [5, 5.41) is 5.75. The maximum absolute atomic E-state index is 13.5. The SMILES string of the molecule is O=C(Nc1ccccc1F)[C@@H]1Cc2ccccc2N1. The lowest BCUT2D eigenvalue weighted by Gasteiger charge is -2.12. The Balaban J connectivity index is 1.72. The first-order chi connectivity index (χ1) is 9.24. The number of rotatable bonds is 2. The molecule has 2 aromatic rings. The van der Waals surface area contributed by atoms with Gasteiger partial charge in [-0.3, -0.25) is 4.79 Å². The van der Waals surface area contributed by atoms with Gasteiger partial charge in [0.25, 0.3) is 0 Å². The van der Waals surface area contributed by atoms with E-state index in [9.17, 15) is 9.18 Å². The third-order valence-corrected chi connectivity index (χ3v) is 3.22. The number of amides is 1. The van der Waals surface area contributed by atoms with Crippen molar-refractivity contribution in [2.75, 3.05) is 10.6 Å². The number of carbonyl (C=O) groups excluding carboxylic acids is 1. The molecule has 1 amide bonds. The van der Waals surface area contributed by atoms with E-state index in [0.717, 1.165) is 11.3 Å². The summed E-state index contributed by atoms with van der Waals surface area (Å²) in [6.45, 7) is 0. The Morgan fingerprint density at radius 2 is 1.89 bits per heavy atom. The van der Waals surface area contributed by atoms with Crippen LogP contribution in [0.15, 0.2) is 48.5 Å². The highest BCUT2D eigenvalue weighted by atomic mass is 19.1. The van der Waals surface area contributed by atoms with Crippen molar-refractivity contribution in [2.45, 2.75) is 12.5 Å². The molecule has 0 aromatic heterocycles. The standard InChI is InChI=1S/C15H13FN2O/c16-11-6-2-4-8-13(11)18-15(19)14-9-10-5-1-3-7-12(10)17-14/h1-8,14,17H,9H2,(H,18,19)/t14-/m0/s1. The highest BCUT2D eigenvalue weighted by molar-refractivity contribution is 5.98. The lowest BCUT2D eigenvalue weighted by Crippen LogP contribution is -2.33. The number of hydrogen-bond acceptors (Lipinski definition) is 2. The summed E-state index contributed by atoms with van der Waals surface area (Å²) in [4.78, 5) is 12.1. The Hall–Kier alpha value is -2.36. The number of benzene rings is 2. The van der Waals surface area contributed by atoms with E-state index < -0.39 is 5.82 Å². The normalized spacial score (nSPS) is 16.6. The van der Waals surface area contributed by atoms with Gasteiger partial charge in [0.15, 0.2) is 0 Å². The lowest BCUT2D eigenvalue weighted by atomic mass is 10.1. The van der Waals surface area contributed by atoms with Gasteiger partial charge in [-0.25, -0.2) is 4.39 Å². The molecule has 1 aliphatic heterocycles. The molecule has 2 aromatic carbocycles. The van der Waals surface area contributed by atoms with Gasteiger partial charge in [0.1, 0.15) is 11.9 Å². The summed E-state index contributed by atoms with van der Waals surface area (Å²) in [5.74, 6) is -0.646. The largest absolute Gasteiger partial charge is 0.373 e. The number of halogens is 1. The minimum Gasteiger partial charge on any atom is -0.373 e. The molecule has 1 heterocycles. The average molecular weight is 256 g/mol. The molecule has 0 saturated heterocycles. The van der Waals surface area contributed by atoms with Gasteiger partial charge in [0, 0.05) is 12.1 Å². The zero-order valence-corrected chi connectivity index (χ0v) is 10.2. The molecule has 1 aliphatic rings. The second-order valence-corrected chi connectivity index (χ2v) is 4.53. The molecule has 3 nitrogen and oxygen atoms in total. The first kappa shape index (κ1) is 11.7. The van der Waals surface area contributed by atoms with Crippen molar-refractivity contribution >= 4 is 17.3 Å². The van der Waals surface area contributed by atoms with Gasteiger partial charge in [-0.1, -0.05) is 30.3 Å². The molecule has 2 N–H and O–H groups in total. The van der Waals surface area contributed by atoms with Crippen LogP contribution in [0.3, 0.4) is 0 Å². The smallest absolute Gasteiger partial charge is 0.247 e. The van der Waals surface area contributed by atoms with Crippen molar-refractivity contribution in [1.82, 2.24) is 0 Å². The Labute approximate surface area is 110 Å². The third-order valence-electron chi connectivity index (χ3n) is 3.22. The van der Waals surface area contributed by atoms with Gasteiger partial charge in [0.2, 0.25) is 5.91 Å². The molecule has 0 spiro atoms. The van der Waals surface area contributed by atoms with E-state index in [0.29, 0.717) is 6.42 Å². The highest BCUT2D eigenvalue weighted by Crippen LogP contribution is 2.26. The zero-order chi connectivity index (χ0) is 13.2. The topological polar surface area (TPSA) is 41.1 Å². The molecule has 0 bridgehead atoms. The van der Waals surface area contributed by atoms with E-state index in [1.54, 1.807) is 18.2 Å². The zero-order valence-electron chi connectivity index (χ0n) is 10.2. The Morgan fingerprint density at radius 3 is 2.68 bits per heavy atom. The number of hydrogen-bond donors (Lipinski definition) is 2. The summed E-state index contributed by atoms with van der Waals surface area (Å²) in [7, 11) is 0. The first-order valence-corrected chi connectivity index (χ1v) is 6.14. The van der Waals surface area contributed by atoms with Gasteiger partial charge in [0.05, 0.1) is 5.69 Å². The van der Waals surface area contributed by atoms with E-state index in [2.05, 4.69) is 10.6 Å². The molecule has 3 rings (SSSR count). The number of anilines is 2.